The Balaban J connectivity index is 4.01. The van der Waals surface area contributed by atoms with Crippen molar-refractivity contribution in [1.82, 2.24) is 0 Å². The predicted octanol–water partition coefficient (Wildman–Crippen LogP) is 2.10. The Kier molecular flexibility index (Phi) is 3.69. The van der Waals surface area contributed by atoms with E-state index >= 15 is 0 Å². The summed E-state index contributed by atoms with van der Waals surface area (Å²) in [6.07, 6.45) is 4.14. The average Bonchev–Trinajstić information content (AvgIpc) is 1.87. The minimum Gasteiger partial charge on any atom is -0.290 e. The van der Waals surface area contributed by atoms with Crippen LogP contribution in [0.4, 0.5) is 0 Å². The zero-order valence-electron chi connectivity index (χ0n) is 5.98. The van der Waals surface area contributed by atoms with Crippen molar-refractivity contribution in [3.63, 3.8) is 0 Å². The molecule has 0 rings (SSSR count). The van der Waals surface area contributed by atoms with Crippen LogP contribution >= 0.6 is 0 Å². The molecule has 1 heteroatoms. The molecule has 0 aliphatic carbocycles. The van der Waals surface area contributed by atoms with E-state index in [2.05, 4.69) is 6.58 Å². The number of ketones is 1. The summed E-state index contributed by atoms with van der Waals surface area (Å²) >= 11 is 0. The van der Waals surface area contributed by atoms with Gasteiger partial charge >= 0.3 is 0 Å². The van der Waals surface area contributed by atoms with Gasteiger partial charge < -0.3 is 0 Å². The lowest BCUT2D eigenvalue weighted by Gasteiger charge is -1.90. The molecule has 0 bridgehead atoms. The van der Waals surface area contributed by atoms with Gasteiger partial charge in [-0.25, -0.2) is 0 Å². The first-order chi connectivity index (χ1) is 4.22. The van der Waals surface area contributed by atoms with Crippen LogP contribution in [0.1, 0.15) is 20.3 Å². The van der Waals surface area contributed by atoms with Gasteiger partial charge in [-0.3, -0.25) is 4.79 Å². The van der Waals surface area contributed by atoms with Crippen LogP contribution in [-0.4, -0.2) is 5.78 Å². The minimum atomic E-state index is 0.0249. The van der Waals surface area contributed by atoms with Gasteiger partial charge in [-0.15, -0.1) is 0 Å². The summed E-state index contributed by atoms with van der Waals surface area (Å²) in [5.74, 6) is 0.0249. The number of allylic oxidation sites excluding steroid dienone is 3. The van der Waals surface area contributed by atoms with Crippen LogP contribution in [0, 0.1) is 0 Å². The van der Waals surface area contributed by atoms with Gasteiger partial charge in [-0.2, -0.15) is 0 Å². The molecule has 0 heterocycles. The number of carbonyl (C=O) groups excluding carboxylic acids is 1. The van der Waals surface area contributed by atoms with Crippen molar-refractivity contribution in [2.24, 2.45) is 0 Å². The van der Waals surface area contributed by atoms with E-state index in [4.69, 9.17) is 0 Å². The third-order valence-electron chi connectivity index (χ3n) is 1.08. The van der Waals surface area contributed by atoms with Crippen LogP contribution in [-0.2, 0) is 4.79 Å². The Morgan fingerprint density at radius 1 is 1.67 bits per heavy atom. The molecule has 0 aliphatic heterocycles. The normalized spacial score (nSPS) is 11.1. The standard InChI is InChI=1S/C8H12O/c1-4-6-7(3)8(9)5-2/h5-6H,2,4H2,1,3H3/b7-6+. The van der Waals surface area contributed by atoms with Crippen LogP contribution < -0.4 is 0 Å². The maximum Gasteiger partial charge on any atom is 0.180 e. The van der Waals surface area contributed by atoms with Gasteiger partial charge in [0.15, 0.2) is 5.78 Å². The zero-order valence-corrected chi connectivity index (χ0v) is 5.98. The van der Waals surface area contributed by atoms with Crippen LogP contribution in [0.15, 0.2) is 24.3 Å². The van der Waals surface area contributed by atoms with Gasteiger partial charge in [-0.05, 0) is 25.0 Å². The van der Waals surface area contributed by atoms with E-state index in [1.807, 2.05) is 13.0 Å². The molecule has 9 heavy (non-hydrogen) atoms. The van der Waals surface area contributed by atoms with E-state index in [0.29, 0.717) is 0 Å². The van der Waals surface area contributed by atoms with Crippen molar-refractivity contribution < 1.29 is 4.79 Å². The van der Waals surface area contributed by atoms with E-state index in [-0.39, 0.29) is 5.78 Å². The fraction of sp³-hybridized carbons (Fsp3) is 0.375. The van der Waals surface area contributed by atoms with Gasteiger partial charge in [0.1, 0.15) is 0 Å². The topological polar surface area (TPSA) is 17.1 Å². The van der Waals surface area contributed by atoms with Gasteiger partial charge in [-0.1, -0.05) is 19.6 Å². The maximum atomic E-state index is 10.7. The predicted molar refractivity (Wildman–Crippen MR) is 39.3 cm³/mol. The molecule has 1 nitrogen and oxygen atoms in total. The fourth-order valence-electron chi connectivity index (χ4n) is 0.568. The Hall–Kier alpha value is -0.850. The lowest BCUT2D eigenvalue weighted by molar-refractivity contribution is -0.111. The Morgan fingerprint density at radius 3 is 2.56 bits per heavy atom. The summed E-state index contributed by atoms with van der Waals surface area (Å²) in [5.41, 5.74) is 0.785. The summed E-state index contributed by atoms with van der Waals surface area (Å²) in [7, 11) is 0. The molecule has 0 radical (unpaired) electrons. The summed E-state index contributed by atoms with van der Waals surface area (Å²) < 4.78 is 0. The van der Waals surface area contributed by atoms with E-state index in [1.54, 1.807) is 6.92 Å². The third kappa shape index (κ3) is 2.85. The third-order valence-corrected chi connectivity index (χ3v) is 1.08. The first kappa shape index (κ1) is 8.15. The van der Waals surface area contributed by atoms with Gasteiger partial charge in [0.2, 0.25) is 0 Å². The number of carbonyl (C=O) groups is 1. The van der Waals surface area contributed by atoms with Gasteiger partial charge in [0.05, 0.1) is 0 Å². The average molecular weight is 124 g/mol. The molecular formula is C8H12O. The van der Waals surface area contributed by atoms with Crippen molar-refractivity contribution in [3.05, 3.63) is 24.3 Å². The Labute approximate surface area is 56.1 Å². The monoisotopic (exact) mass is 124 g/mol. The number of hydrogen-bond acceptors (Lipinski definition) is 1. The molecule has 0 aromatic carbocycles. The van der Waals surface area contributed by atoms with Crippen molar-refractivity contribution in [3.8, 4) is 0 Å². The molecular weight excluding hydrogens is 112 g/mol. The lowest BCUT2D eigenvalue weighted by atomic mass is 10.2. The largest absolute Gasteiger partial charge is 0.290 e. The quantitative estimate of drug-likeness (QED) is 0.526. The molecule has 0 saturated carbocycles. The summed E-state index contributed by atoms with van der Waals surface area (Å²) in [5, 5.41) is 0. The molecule has 0 atom stereocenters. The van der Waals surface area contributed by atoms with Crippen molar-refractivity contribution in [2.45, 2.75) is 20.3 Å². The first-order valence-corrected chi connectivity index (χ1v) is 3.06. The second-order valence-electron chi connectivity index (χ2n) is 1.86. The van der Waals surface area contributed by atoms with Gasteiger partial charge in [0, 0.05) is 0 Å². The molecule has 50 valence electrons. The summed E-state index contributed by atoms with van der Waals surface area (Å²) in [4.78, 5) is 10.7. The molecule has 0 saturated heterocycles. The van der Waals surface area contributed by atoms with E-state index in [0.717, 1.165) is 12.0 Å². The smallest absolute Gasteiger partial charge is 0.180 e. The highest BCUT2D eigenvalue weighted by molar-refractivity contribution is 6.02. The van der Waals surface area contributed by atoms with E-state index < -0.39 is 0 Å². The molecule has 0 aromatic rings. The van der Waals surface area contributed by atoms with Crippen LogP contribution in [0.25, 0.3) is 0 Å². The molecule has 0 aromatic heterocycles. The SMILES string of the molecule is C=CC(=O)/C(C)=C/CC. The summed E-state index contributed by atoms with van der Waals surface area (Å²) in [6.45, 7) is 7.17. The van der Waals surface area contributed by atoms with E-state index in [1.165, 1.54) is 6.08 Å². The zero-order chi connectivity index (χ0) is 7.28. The highest BCUT2D eigenvalue weighted by Gasteiger charge is 1.94. The van der Waals surface area contributed by atoms with Crippen LogP contribution in [0.2, 0.25) is 0 Å². The molecule has 0 amide bonds. The van der Waals surface area contributed by atoms with Crippen molar-refractivity contribution in [2.75, 3.05) is 0 Å². The second-order valence-corrected chi connectivity index (χ2v) is 1.86. The molecule has 0 N–H and O–H groups in total. The maximum absolute atomic E-state index is 10.7. The van der Waals surface area contributed by atoms with Crippen LogP contribution in [0.5, 0.6) is 0 Å². The first-order valence-electron chi connectivity index (χ1n) is 3.06. The fourth-order valence-corrected chi connectivity index (χ4v) is 0.568. The Morgan fingerprint density at radius 2 is 2.22 bits per heavy atom. The van der Waals surface area contributed by atoms with Crippen LogP contribution in [0.3, 0.4) is 0 Å². The highest BCUT2D eigenvalue weighted by Crippen LogP contribution is 1.96. The Bertz CT molecular complexity index is 143. The molecule has 0 fully saturated rings. The van der Waals surface area contributed by atoms with E-state index in [9.17, 15) is 4.79 Å². The number of hydrogen-bond donors (Lipinski definition) is 0. The number of rotatable bonds is 3. The molecule has 0 aliphatic rings. The van der Waals surface area contributed by atoms with Crippen molar-refractivity contribution >= 4 is 5.78 Å². The van der Waals surface area contributed by atoms with Gasteiger partial charge in [0.25, 0.3) is 0 Å². The molecule has 0 spiro atoms. The summed E-state index contributed by atoms with van der Waals surface area (Å²) in [6, 6.07) is 0. The molecule has 0 unspecified atom stereocenters. The lowest BCUT2D eigenvalue weighted by Crippen LogP contribution is -1.92. The van der Waals surface area contributed by atoms with Crippen molar-refractivity contribution in [1.29, 1.82) is 0 Å². The minimum absolute atomic E-state index is 0.0249. The highest BCUT2D eigenvalue weighted by atomic mass is 16.1. The second kappa shape index (κ2) is 4.07.